The molecule has 3 atom stereocenters. The van der Waals surface area contributed by atoms with Crippen LogP contribution in [0.3, 0.4) is 0 Å². The Morgan fingerprint density at radius 3 is 2.67 bits per heavy atom. The van der Waals surface area contributed by atoms with Crippen molar-refractivity contribution in [2.75, 3.05) is 5.73 Å². The van der Waals surface area contributed by atoms with Crippen molar-refractivity contribution in [1.82, 2.24) is 0 Å². The molecule has 3 N–H and O–H groups in total. The first-order chi connectivity index (χ1) is 9.77. The first kappa shape index (κ1) is 14.2. The highest BCUT2D eigenvalue weighted by molar-refractivity contribution is 5.94. The molecule has 0 aromatic heterocycles. The fourth-order valence-electron chi connectivity index (χ4n) is 4.23. The van der Waals surface area contributed by atoms with E-state index in [1.807, 2.05) is 0 Å². The van der Waals surface area contributed by atoms with Crippen LogP contribution >= 0.6 is 0 Å². The molecule has 0 heterocycles. The molecule has 2 fully saturated rings. The maximum atomic E-state index is 12.4. The quantitative estimate of drug-likeness (QED) is 0.497. The molecule has 2 aliphatic rings. The summed E-state index contributed by atoms with van der Waals surface area (Å²) in [6, 6.07) is 4.76. The number of carbonyl (C=O) groups excluding carboxylic acids is 1. The Balaban J connectivity index is 1.82. The number of hydrogen-bond acceptors (Lipinski definition) is 4. The Morgan fingerprint density at radius 1 is 1.38 bits per heavy atom. The third-order valence-corrected chi connectivity index (χ3v) is 6.25. The minimum absolute atomic E-state index is 0.0171. The van der Waals surface area contributed by atoms with E-state index in [4.69, 9.17) is 10.5 Å². The molecule has 0 amide bonds. The maximum Gasteiger partial charge on any atom is 0.342 e. The van der Waals surface area contributed by atoms with Crippen molar-refractivity contribution in [2.24, 2.45) is 16.7 Å². The van der Waals surface area contributed by atoms with E-state index in [0.717, 1.165) is 12.8 Å². The lowest BCUT2D eigenvalue weighted by molar-refractivity contribution is -0.0244. The fraction of sp³-hybridized carbons (Fsp3) is 0.588. The van der Waals surface area contributed by atoms with E-state index in [9.17, 15) is 9.90 Å². The molecule has 1 aromatic carbocycles. The normalized spacial score (nSPS) is 33.1. The number of benzene rings is 1. The number of nitrogen functional groups attached to an aromatic ring is 1. The summed E-state index contributed by atoms with van der Waals surface area (Å²) in [5.41, 5.74) is 6.20. The molecule has 4 nitrogen and oxygen atoms in total. The van der Waals surface area contributed by atoms with Gasteiger partial charge in [0.05, 0.1) is 5.69 Å². The molecular formula is C17H23NO3. The summed E-state index contributed by atoms with van der Waals surface area (Å²) in [7, 11) is 0. The van der Waals surface area contributed by atoms with Crippen molar-refractivity contribution >= 4 is 11.7 Å². The van der Waals surface area contributed by atoms with Crippen LogP contribution in [0.25, 0.3) is 0 Å². The highest BCUT2D eigenvalue weighted by atomic mass is 16.5. The van der Waals surface area contributed by atoms with E-state index >= 15 is 0 Å². The zero-order chi connectivity index (χ0) is 15.4. The molecular weight excluding hydrogens is 266 g/mol. The number of esters is 1. The second-order valence-corrected chi connectivity index (χ2v) is 7.25. The predicted molar refractivity (Wildman–Crippen MR) is 81.0 cm³/mol. The van der Waals surface area contributed by atoms with Crippen molar-refractivity contribution in [2.45, 2.75) is 46.1 Å². The van der Waals surface area contributed by atoms with Gasteiger partial charge in [0, 0.05) is 5.41 Å². The Bertz CT molecular complexity index is 596. The highest BCUT2D eigenvalue weighted by Crippen LogP contribution is 2.66. The minimum atomic E-state index is -0.477. The van der Waals surface area contributed by atoms with Gasteiger partial charge in [0.15, 0.2) is 5.75 Å². The summed E-state index contributed by atoms with van der Waals surface area (Å²) in [5, 5.41) is 9.91. The first-order valence-corrected chi connectivity index (χ1v) is 7.56. The highest BCUT2D eigenvalue weighted by Gasteiger charge is 2.62. The van der Waals surface area contributed by atoms with Gasteiger partial charge in [0.25, 0.3) is 0 Å². The number of phenols is 1. The number of hydrogen-bond donors (Lipinski definition) is 2. The van der Waals surface area contributed by atoms with Gasteiger partial charge in [0.1, 0.15) is 11.7 Å². The van der Waals surface area contributed by atoms with Gasteiger partial charge >= 0.3 is 5.97 Å². The monoisotopic (exact) mass is 289 g/mol. The van der Waals surface area contributed by atoms with E-state index in [2.05, 4.69) is 20.8 Å². The topological polar surface area (TPSA) is 72.5 Å². The van der Waals surface area contributed by atoms with Crippen molar-refractivity contribution in [3.05, 3.63) is 23.8 Å². The smallest absolute Gasteiger partial charge is 0.342 e. The Labute approximate surface area is 125 Å². The van der Waals surface area contributed by atoms with Crippen LogP contribution in [0.1, 0.15) is 50.4 Å². The summed E-state index contributed by atoms with van der Waals surface area (Å²) < 4.78 is 5.75. The van der Waals surface area contributed by atoms with Gasteiger partial charge in [-0.3, -0.25) is 0 Å². The lowest BCUT2D eigenvalue weighted by atomic mass is 9.70. The molecule has 4 heteroatoms. The van der Waals surface area contributed by atoms with Crippen LogP contribution in [-0.2, 0) is 4.74 Å². The van der Waals surface area contributed by atoms with Crippen LogP contribution in [0.15, 0.2) is 18.2 Å². The Hall–Kier alpha value is -1.71. The van der Waals surface area contributed by atoms with Crippen LogP contribution in [0.2, 0.25) is 0 Å². The minimum Gasteiger partial charge on any atom is -0.505 e. The first-order valence-electron chi connectivity index (χ1n) is 7.56. The second kappa shape index (κ2) is 4.39. The number of carbonyl (C=O) groups is 1. The zero-order valence-corrected chi connectivity index (χ0v) is 12.8. The van der Waals surface area contributed by atoms with E-state index in [1.54, 1.807) is 18.2 Å². The molecule has 2 aliphatic carbocycles. The van der Waals surface area contributed by atoms with Crippen molar-refractivity contribution in [3.63, 3.8) is 0 Å². The Kier molecular flexibility index (Phi) is 2.98. The summed E-state index contributed by atoms with van der Waals surface area (Å²) in [6.07, 6.45) is 3.13. The Morgan fingerprint density at radius 2 is 2.10 bits per heavy atom. The number of aromatic hydroxyl groups is 1. The number of nitrogens with two attached hydrogens (primary N) is 1. The number of phenolic OH excluding ortho intramolecular Hbond substituents is 1. The van der Waals surface area contributed by atoms with E-state index < -0.39 is 5.97 Å². The SMILES string of the molecule is CC1(C)C2CCC1(C)C(OC(=O)c1cccc(N)c1O)C2. The molecule has 21 heavy (non-hydrogen) atoms. The van der Waals surface area contributed by atoms with Gasteiger partial charge in [-0.2, -0.15) is 0 Å². The van der Waals surface area contributed by atoms with Crippen LogP contribution in [0, 0.1) is 16.7 Å². The summed E-state index contributed by atoms with van der Waals surface area (Å²) in [6.45, 7) is 6.77. The molecule has 0 saturated heterocycles. The molecule has 0 aliphatic heterocycles. The second-order valence-electron chi connectivity index (χ2n) is 7.25. The average molecular weight is 289 g/mol. The molecule has 1 aromatic rings. The molecule has 2 bridgehead atoms. The van der Waals surface area contributed by atoms with E-state index in [-0.39, 0.29) is 33.9 Å². The van der Waals surface area contributed by atoms with Crippen LogP contribution in [0.4, 0.5) is 5.69 Å². The van der Waals surface area contributed by atoms with Crippen molar-refractivity contribution in [1.29, 1.82) is 0 Å². The van der Waals surface area contributed by atoms with Crippen molar-refractivity contribution < 1.29 is 14.6 Å². The van der Waals surface area contributed by atoms with Gasteiger partial charge in [-0.25, -0.2) is 4.79 Å². The number of anilines is 1. The van der Waals surface area contributed by atoms with Gasteiger partial charge < -0.3 is 15.6 Å². The summed E-state index contributed by atoms with van der Waals surface area (Å²) in [5.74, 6) is -0.0563. The number of rotatable bonds is 2. The molecule has 0 spiro atoms. The zero-order valence-electron chi connectivity index (χ0n) is 12.8. The maximum absolute atomic E-state index is 12.4. The number of para-hydroxylation sites is 1. The largest absolute Gasteiger partial charge is 0.505 e. The summed E-state index contributed by atoms with van der Waals surface area (Å²) in [4.78, 5) is 12.4. The van der Waals surface area contributed by atoms with Crippen LogP contribution in [-0.4, -0.2) is 17.2 Å². The molecule has 2 saturated carbocycles. The third kappa shape index (κ3) is 1.84. The van der Waals surface area contributed by atoms with Gasteiger partial charge in [-0.05, 0) is 42.7 Å². The fourth-order valence-corrected chi connectivity index (χ4v) is 4.23. The number of fused-ring (bicyclic) bond motifs is 2. The lowest BCUT2D eigenvalue weighted by Gasteiger charge is -2.38. The molecule has 114 valence electrons. The van der Waals surface area contributed by atoms with Crippen molar-refractivity contribution in [3.8, 4) is 5.75 Å². The third-order valence-electron chi connectivity index (χ3n) is 6.25. The average Bonchev–Trinajstić information content (AvgIpc) is 2.75. The standard InChI is InChI=1S/C17H23NO3/c1-16(2)10-7-8-17(16,3)13(9-10)21-15(20)11-5-4-6-12(18)14(11)19/h4-6,10,13,19H,7-9,18H2,1-3H3. The van der Waals surface area contributed by atoms with Gasteiger partial charge in [-0.1, -0.05) is 26.8 Å². The van der Waals surface area contributed by atoms with Gasteiger partial charge in [0.2, 0.25) is 0 Å². The van der Waals surface area contributed by atoms with Crippen LogP contribution in [0.5, 0.6) is 5.75 Å². The molecule has 3 unspecified atom stereocenters. The van der Waals surface area contributed by atoms with E-state index in [0.29, 0.717) is 5.92 Å². The van der Waals surface area contributed by atoms with E-state index in [1.165, 1.54) is 6.42 Å². The summed E-state index contributed by atoms with van der Waals surface area (Å²) >= 11 is 0. The molecule has 0 radical (unpaired) electrons. The predicted octanol–water partition coefficient (Wildman–Crippen LogP) is 3.35. The lowest BCUT2D eigenvalue weighted by Crippen LogP contribution is -2.38. The number of ether oxygens (including phenoxy) is 1. The van der Waals surface area contributed by atoms with Crippen LogP contribution < -0.4 is 5.73 Å². The van der Waals surface area contributed by atoms with Gasteiger partial charge in [-0.15, -0.1) is 0 Å². The molecule has 3 rings (SSSR count).